The maximum absolute atomic E-state index is 11.9. The molecule has 0 spiro atoms. The molecular weight excluding hydrogens is 334 g/mol. The summed E-state index contributed by atoms with van der Waals surface area (Å²) < 4.78 is 1.000. The predicted octanol–water partition coefficient (Wildman–Crippen LogP) is 4.74. The van der Waals surface area contributed by atoms with E-state index >= 15 is 0 Å². The molecule has 0 saturated carbocycles. The molecule has 2 aromatic rings. The summed E-state index contributed by atoms with van der Waals surface area (Å²) in [5.74, 6) is 1.06. The van der Waals surface area contributed by atoms with Gasteiger partial charge in [0.05, 0.1) is 6.42 Å². The van der Waals surface area contributed by atoms with Crippen molar-refractivity contribution in [1.29, 1.82) is 0 Å². The molecule has 0 atom stereocenters. The van der Waals surface area contributed by atoms with E-state index in [1.807, 2.05) is 36.4 Å². The van der Waals surface area contributed by atoms with Gasteiger partial charge in [-0.15, -0.1) is 11.8 Å². The van der Waals surface area contributed by atoms with Crippen molar-refractivity contribution in [3.8, 4) is 0 Å². The maximum Gasteiger partial charge on any atom is 0.228 e. The molecular formula is C16H16BrNOS. The van der Waals surface area contributed by atoms with E-state index in [9.17, 15) is 4.79 Å². The zero-order valence-corrected chi connectivity index (χ0v) is 13.6. The molecule has 0 unspecified atom stereocenters. The van der Waals surface area contributed by atoms with E-state index in [1.165, 1.54) is 4.90 Å². The molecule has 1 N–H and O–H groups in total. The molecule has 20 heavy (non-hydrogen) atoms. The van der Waals surface area contributed by atoms with Crippen molar-refractivity contribution in [2.24, 2.45) is 0 Å². The van der Waals surface area contributed by atoms with Gasteiger partial charge in [-0.1, -0.05) is 35.0 Å². The summed E-state index contributed by atoms with van der Waals surface area (Å²) in [7, 11) is 0. The fourth-order valence-electron chi connectivity index (χ4n) is 1.79. The highest BCUT2D eigenvalue weighted by Gasteiger charge is 2.04. The van der Waals surface area contributed by atoms with Crippen LogP contribution in [0, 0.1) is 0 Å². The normalized spacial score (nSPS) is 10.3. The Kier molecular flexibility index (Phi) is 5.68. The largest absolute Gasteiger partial charge is 0.326 e. The number of rotatable bonds is 5. The minimum atomic E-state index is 0.00298. The number of hydrogen-bond acceptors (Lipinski definition) is 2. The number of hydrogen-bond donors (Lipinski definition) is 1. The molecule has 4 heteroatoms. The third-order valence-electron chi connectivity index (χ3n) is 2.73. The second kappa shape index (κ2) is 7.50. The molecule has 0 aliphatic heterocycles. The van der Waals surface area contributed by atoms with Gasteiger partial charge in [-0.25, -0.2) is 0 Å². The second-order valence-corrected chi connectivity index (χ2v) is 6.56. The monoisotopic (exact) mass is 349 g/mol. The first-order chi connectivity index (χ1) is 9.67. The zero-order valence-electron chi connectivity index (χ0n) is 11.2. The van der Waals surface area contributed by atoms with Gasteiger partial charge in [0.15, 0.2) is 0 Å². The fourth-order valence-corrected chi connectivity index (χ4v) is 2.72. The molecule has 0 aromatic heterocycles. The molecule has 0 bridgehead atoms. The third-order valence-corrected chi connectivity index (χ3v) is 4.15. The van der Waals surface area contributed by atoms with E-state index in [0.29, 0.717) is 6.42 Å². The van der Waals surface area contributed by atoms with E-state index in [2.05, 4.69) is 40.3 Å². The van der Waals surface area contributed by atoms with Gasteiger partial charge in [0.25, 0.3) is 0 Å². The highest BCUT2D eigenvalue weighted by atomic mass is 79.9. The average molecular weight is 350 g/mol. The van der Waals surface area contributed by atoms with Gasteiger partial charge in [-0.3, -0.25) is 4.79 Å². The lowest BCUT2D eigenvalue weighted by molar-refractivity contribution is -0.115. The number of nitrogens with one attached hydrogen (secondary N) is 1. The van der Waals surface area contributed by atoms with Crippen LogP contribution in [0.2, 0.25) is 0 Å². The van der Waals surface area contributed by atoms with Crippen LogP contribution in [0.25, 0.3) is 0 Å². The topological polar surface area (TPSA) is 29.1 Å². The SMILES string of the molecule is CCSc1ccc(CC(=O)Nc2ccc(Br)cc2)cc1. The molecule has 0 saturated heterocycles. The molecule has 0 radical (unpaired) electrons. The number of halogens is 1. The Bertz CT molecular complexity index is 566. The minimum Gasteiger partial charge on any atom is -0.326 e. The number of thioether (sulfide) groups is 1. The number of amides is 1. The van der Waals surface area contributed by atoms with Crippen LogP contribution in [-0.2, 0) is 11.2 Å². The average Bonchev–Trinajstić information content (AvgIpc) is 2.44. The lowest BCUT2D eigenvalue weighted by atomic mass is 10.1. The van der Waals surface area contributed by atoms with Gasteiger partial charge in [0.2, 0.25) is 5.91 Å². The third kappa shape index (κ3) is 4.69. The van der Waals surface area contributed by atoms with Gasteiger partial charge in [0.1, 0.15) is 0 Å². The number of benzene rings is 2. The van der Waals surface area contributed by atoms with Gasteiger partial charge in [0, 0.05) is 15.1 Å². The van der Waals surface area contributed by atoms with Crippen LogP contribution >= 0.6 is 27.7 Å². The molecule has 0 heterocycles. The standard InChI is InChI=1S/C16H16BrNOS/c1-2-20-15-9-3-12(4-10-15)11-16(19)18-14-7-5-13(17)6-8-14/h3-10H,2,11H2,1H3,(H,18,19). The molecule has 0 fully saturated rings. The number of anilines is 1. The van der Waals surface area contributed by atoms with E-state index in [-0.39, 0.29) is 5.91 Å². The Morgan fingerprint density at radius 2 is 1.75 bits per heavy atom. The minimum absolute atomic E-state index is 0.00298. The van der Waals surface area contributed by atoms with Crippen LogP contribution in [-0.4, -0.2) is 11.7 Å². The van der Waals surface area contributed by atoms with Crippen molar-refractivity contribution < 1.29 is 4.79 Å². The molecule has 2 rings (SSSR count). The van der Waals surface area contributed by atoms with Crippen LogP contribution in [0.15, 0.2) is 57.9 Å². The number of carbonyl (C=O) groups excluding carboxylic acids is 1. The van der Waals surface area contributed by atoms with E-state index in [0.717, 1.165) is 21.5 Å². The molecule has 104 valence electrons. The lowest BCUT2D eigenvalue weighted by Crippen LogP contribution is -2.14. The van der Waals surface area contributed by atoms with E-state index in [4.69, 9.17) is 0 Å². The summed E-state index contributed by atoms with van der Waals surface area (Å²) in [4.78, 5) is 13.2. The molecule has 2 aromatic carbocycles. The maximum atomic E-state index is 11.9. The highest BCUT2D eigenvalue weighted by molar-refractivity contribution is 9.10. The first kappa shape index (κ1) is 15.1. The fraction of sp³-hybridized carbons (Fsp3) is 0.188. The lowest BCUT2D eigenvalue weighted by Gasteiger charge is -2.06. The van der Waals surface area contributed by atoms with Crippen molar-refractivity contribution in [2.45, 2.75) is 18.2 Å². The van der Waals surface area contributed by atoms with Crippen LogP contribution in [0.4, 0.5) is 5.69 Å². The molecule has 1 amide bonds. The van der Waals surface area contributed by atoms with Crippen LogP contribution in [0.5, 0.6) is 0 Å². The Morgan fingerprint density at radius 1 is 1.10 bits per heavy atom. The molecule has 0 aliphatic carbocycles. The Morgan fingerprint density at radius 3 is 2.35 bits per heavy atom. The van der Waals surface area contributed by atoms with Gasteiger partial charge < -0.3 is 5.32 Å². The smallest absolute Gasteiger partial charge is 0.228 e. The van der Waals surface area contributed by atoms with Crippen molar-refractivity contribution in [3.05, 3.63) is 58.6 Å². The molecule has 2 nitrogen and oxygen atoms in total. The first-order valence-corrected chi connectivity index (χ1v) is 8.22. The number of carbonyl (C=O) groups is 1. The first-order valence-electron chi connectivity index (χ1n) is 6.44. The second-order valence-electron chi connectivity index (χ2n) is 4.31. The Labute approximate surface area is 132 Å². The van der Waals surface area contributed by atoms with Gasteiger partial charge in [-0.2, -0.15) is 0 Å². The van der Waals surface area contributed by atoms with E-state index in [1.54, 1.807) is 11.8 Å². The quantitative estimate of drug-likeness (QED) is 0.789. The van der Waals surface area contributed by atoms with Crippen LogP contribution < -0.4 is 5.32 Å². The van der Waals surface area contributed by atoms with Crippen molar-refractivity contribution >= 4 is 39.3 Å². The Balaban J connectivity index is 1.92. The van der Waals surface area contributed by atoms with Crippen molar-refractivity contribution in [3.63, 3.8) is 0 Å². The zero-order chi connectivity index (χ0) is 14.4. The van der Waals surface area contributed by atoms with Crippen LogP contribution in [0.1, 0.15) is 12.5 Å². The highest BCUT2D eigenvalue weighted by Crippen LogP contribution is 2.18. The Hall–Kier alpha value is -1.26. The van der Waals surface area contributed by atoms with Gasteiger partial charge >= 0.3 is 0 Å². The van der Waals surface area contributed by atoms with Crippen LogP contribution in [0.3, 0.4) is 0 Å². The summed E-state index contributed by atoms with van der Waals surface area (Å²) in [6, 6.07) is 15.7. The molecule has 0 aliphatic rings. The summed E-state index contributed by atoms with van der Waals surface area (Å²) in [5, 5.41) is 2.89. The summed E-state index contributed by atoms with van der Waals surface area (Å²) in [6.07, 6.45) is 0.396. The van der Waals surface area contributed by atoms with Gasteiger partial charge in [-0.05, 0) is 47.7 Å². The summed E-state index contributed by atoms with van der Waals surface area (Å²) >= 11 is 5.17. The van der Waals surface area contributed by atoms with Crippen molar-refractivity contribution in [1.82, 2.24) is 0 Å². The predicted molar refractivity (Wildman–Crippen MR) is 89.3 cm³/mol. The van der Waals surface area contributed by atoms with Crippen molar-refractivity contribution in [2.75, 3.05) is 11.1 Å². The summed E-state index contributed by atoms with van der Waals surface area (Å²) in [6.45, 7) is 2.13. The summed E-state index contributed by atoms with van der Waals surface area (Å²) in [5.41, 5.74) is 1.84. The van der Waals surface area contributed by atoms with E-state index < -0.39 is 0 Å².